The molecule has 0 saturated heterocycles. The summed E-state index contributed by atoms with van der Waals surface area (Å²) in [6, 6.07) is 6.56. The second kappa shape index (κ2) is 13.3. The molecule has 10 heteroatoms. The van der Waals surface area contributed by atoms with Crippen molar-refractivity contribution in [3.8, 4) is 22.8 Å². The number of esters is 1. The van der Waals surface area contributed by atoms with E-state index >= 15 is 0 Å². The van der Waals surface area contributed by atoms with E-state index in [0.29, 0.717) is 23.8 Å². The molecule has 2 N–H and O–H groups in total. The Morgan fingerprint density at radius 2 is 1.68 bits per heavy atom. The van der Waals surface area contributed by atoms with E-state index in [1.807, 2.05) is 36.7 Å². The van der Waals surface area contributed by atoms with Crippen LogP contribution in [0, 0.1) is 11.8 Å². The lowest BCUT2D eigenvalue weighted by Crippen LogP contribution is -2.48. The van der Waals surface area contributed by atoms with Gasteiger partial charge in [-0.05, 0) is 62.1 Å². The number of ether oxygens (including phenoxy) is 3. The molecule has 2 amide bonds. The van der Waals surface area contributed by atoms with Crippen molar-refractivity contribution in [3.63, 3.8) is 0 Å². The van der Waals surface area contributed by atoms with Crippen molar-refractivity contribution in [1.29, 1.82) is 0 Å². The zero-order valence-corrected chi connectivity index (χ0v) is 23.2. The van der Waals surface area contributed by atoms with Crippen LogP contribution < -0.4 is 20.1 Å². The minimum absolute atomic E-state index is 0.118. The SMILES string of the molecule is COC(=O)CNC(=O)[C@H](CC(C)C)NC(=O)c1cc(-c2c(OC)cccc2OC)n(C2CCC(C)CC2)n1. The first-order chi connectivity index (χ1) is 18.2. The standard InChI is InChI=1S/C28H40N4O6/c1-17(2)14-20(27(34)29-16-25(33)38-6)30-28(35)21-15-22(26-23(36-4)8-7-9-24(26)37-5)32(31-21)19-12-10-18(3)11-13-19/h7-9,15,17-20H,10-14,16H2,1-6H3,(H,29,34)(H,30,35)/t18?,19?,20-/m0/s1. The molecule has 0 unspecified atom stereocenters. The Bertz CT molecular complexity index is 1100. The second-order valence-electron chi connectivity index (χ2n) is 10.3. The van der Waals surface area contributed by atoms with Crippen molar-refractivity contribution in [2.24, 2.45) is 11.8 Å². The van der Waals surface area contributed by atoms with Crippen molar-refractivity contribution in [1.82, 2.24) is 20.4 Å². The van der Waals surface area contributed by atoms with Gasteiger partial charge in [0.2, 0.25) is 5.91 Å². The second-order valence-corrected chi connectivity index (χ2v) is 10.3. The summed E-state index contributed by atoms with van der Waals surface area (Å²) in [5.41, 5.74) is 1.64. The van der Waals surface area contributed by atoms with Crippen LogP contribution in [0.4, 0.5) is 0 Å². The molecule has 0 aliphatic heterocycles. The fraction of sp³-hybridized carbons (Fsp3) is 0.571. The van der Waals surface area contributed by atoms with Gasteiger partial charge in [0.15, 0.2) is 5.69 Å². The van der Waals surface area contributed by atoms with Gasteiger partial charge < -0.3 is 24.8 Å². The summed E-state index contributed by atoms with van der Waals surface area (Å²) in [6.45, 7) is 5.89. The minimum atomic E-state index is -0.836. The average Bonchev–Trinajstić information content (AvgIpc) is 3.35. The summed E-state index contributed by atoms with van der Waals surface area (Å²) in [6.07, 6.45) is 4.44. The van der Waals surface area contributed by atoms with Gasteiger partial charge in [-0.2, -0.15) is 5.10 Å². The largest absolute Gasteiger partial charge is 0.496 e. The van der Waals surface area contributed by atoms with E-state index in [9.17, 15) is 14.4 Å². The van der Waals surface area contributed by atoms with Crippen LogP contribution in [0.15, 0.2) is 24.3 Å². The number of aromatic nitrogens is 2. The quantitative estimate of drug-likeness (QED) is 0.426. The third kappa shape index (κ3) is 7.05. The summed E-state index contributed by atoms with van der Waals surface area (Å²) in [4.78, 5) is 37.8. The molecule has 1 aliphatic carbocycles. The molecule has 1 aliphatic rings. The van der Waals surface area contributed by atoms with Gasteiger partial charge in [-0.1, -0.05) is 26.8 Å². The number of methoxy groups -OCH3 is 3. The Labute approximate surface area is 224 Å². The highest BCUT2D eigenvalue weighted by Gasteiger charge is 2.29. The van der Waals surface area contributed by atoms with E-state index in [1.165, 1.54) is 7.11 Å². The van der Waals surface area contributed by atoms with Gasteiger partial charge in [0.05, 0.1) is 38.6 Å². The molecule has 10 nitrogen and oxygen atoms in total. The van der Waals surface area contributed by atoms with Gasteiger partial charge in [-0.15, -0.1) is 0 Å². The lowest BCUT2D eigenvalue weighted by Gasteiger charge is -2.28. The molecular weight excluding hydrogens is 488 g/mol. The van der Waals surface area contributed by atoms with Crippen molar-refractivity contribution in [2.75, 3.05) is 27.9 Å². The number of amides is 2. The molecule has 1 atom stereocenters. The highest BCUT2D eigenvalue weighted by molar-refractivity contribution is 5.97. The zero-order valence-electron chi connectivity index (χ0n) is 23.2. The number of carbonyl (C=O) groups excluding carboxylic acids is 3. The van der Waals surface area contributed by atoms with E-state index in [4.69, 9.17) is 14.6 Å². The molecule has 0 bridgehead atoms. The van der Waals surface area contributed by atoms with Crippen LogP contribution >= 0.6 is 0 Å². The van der Waals surface area contributed by atoms with Crippen LogP contribution in [-0.4, -0.2) is 61.5 Å². The van der Waals surface area contributed by atoms with E-state index in [-0.39, 0.29) is 24.2 Å². The van der Waals surface area contributed by atoms with Crippen LogP contribution in [0.25, 0.3) is 11.3 Å². The lowest BCUT2D eigenvalue weighted by molar-refractivity contribution is -0.141. The maximum Gasteiger partial charge on any atom is 0.325 e. The maximum atomic E-state index is 13.5. The highest BCUT2D eigenvalue weighted by Crippen LogP contribution is 2.42. The first-order valence-corrected chi connectivity index (χ1v) is 13.1. The first kappa shape index (κ1) is 29.0. The fourth-order valence-electron chi connectivity index (χ4n) is 4.85. The smallest absolute Gasteiger partial charge is 0.325 e. The summed E-state index contributed by atoms with van der Waals surface area (Å²) in [7, 11) is 4.44. The van der Waals surface area contributed by atoms with Gasteiger partial charge in [-0.3, -0.25) is 19.1 Å². The van der Waals surface area contributed by atoms with Crippen molar-refractivity contribution in [3.05, 3.63) is 30.0 Å². The summed E-state index contributed by atoms with van der Waals surface area (Å²) < 4.78 is 17.8. The third-order valence-corrected chi connectivity index (χ3v) is 6.95. The number of hydrogen-bond acceptors (Lipinski definition) is 7. The monoisotopic (exact) mass is 528 g/mol. The molecule has 1 fully saturated rings. The normalized spacial score (nSPS) is 18.0. The molecule has 1 aromatic carbocycles. The van der Waals surface area contributed by atoms with Crippen LogP contribution in [0.3, 0.4) is 0 Å². The Morgan fingerprint density at radius 1 is 1.05 bits per heavy atom. The third-order valence-electron chi connectivity index (χ3n) is 6.95. The molecule has 1 heterocycles. The molecule has 38 heavy (non-hydrogen) atoms. The number of hydrogen-bond donors (Lipinski definition) is 2. The molecule has 208 valence electrons. The zero-order chi connectivity index (χ0) is 27.8. The predicted molar refractivity (Wildman–Crippen MR) is 143 cm³/mol. The van der Waals surface area contributed by atoms with E-state index in [1.54, 1.807) is 20.3 Å². The van der Waals surface area contributed by atoms with Gasteiger partial charge >= 0.3 is 5.97 Å². The van der Waals surface area contributed by atoms with E-state index in [0.717, 1.165) is 36.9 Å². The molecule has 1 saturated carbocycles. The van der Waals surface area contributed by atoms with Crippen molar-refractivity contribution < 1.29 is 28.6 Å². The van der Waals surface area contributed by atoms with E-state index < -0.39 is 23.8 Å². The van der Waals surface area contributed by atoms with Gasteiger partial charge in [0.1, 0.15) is 24.1 Å². The lowest BCUT2D eigenvalue weighted by atomic mass is 9.87. The van der Waals surface area contributed by atoms with Crippen molar-refractivity contribution >= 4 is 17.8 Å². The molecule has 2 aromatic rings. The van der Waals surface area contributed by atoms with Crippen LogP contribution in [0.2, 0.25) is 0 Å². The van der Waals surface area contributed by atoms with Crippen molar-refractivity contribution in [2.45, 2.75) is 65.0 Å². The highest BCUT2D eigenvalue weighted by atomic mass is 16.5. The Kier molecular flexibility index (Phi) is 10.2. The number of nitrogens with one attached hydrogen (secondary N) is 2. The first-order valence-electron chi connectivity index (χ1n) is 13.1. The maximum absolute atomic E-state index is 13.5. The summed E-state index contributed by atoms with van der Waals surface area (Å²) in [5.74, 6) is 0.507. The Morgan fingerprint density at radius 3 is 2.24 bits per heavy atom. The number of nitrogens with zero attached hydrogens (tertiary/aromatic N) is 2. The Hall–Kier alpha value is -3.56. The number of benzene rings is 1. The molecule has 0 spiro atoms. The van der Waals surface area contributed by atoms with Crippen LogP contribution in [-0.2, 0) is 14.3 Å². The summed E-state index contributed by atoms with van der Waals surface area (Å²) in [5, 5.41) is 10.1. The van der Waals surface area contributed by atoms with Gasteiger partial charge in [-0.25, -0.2) is 0 Å². The van der Waals surface area contributed by atoms with Crippen LogP contribution in [0.1, 0.15) is 69.4 Å². The molecule has 3 rings (SSSR count). The molecule has 0 radical (unpaired) electrons. The molecular formula is C28H40N4O6. The van der Waals surface area contributed by atoms with Crippen LogP contribution in [0.5, 0.6) is 11.5 Å². The summed E-state index contributed by atoms with van der Waals surface area (Å²) >= 11 is 0. The van der Waals surface area contributed by atoms with E-state index in [2.05, 4.69) is 22.3 Å². The minimum Gasteiger partial charge on any atom is -0.496 e. The molecule has 1 aromatic heterocycles. The average molecular weight is 529 g/mol. The fourth-order valence-corrected chi connectivity index (χ4v) is 4.85. The predicted octanol–water partition coefficient (Wildman–Crippen LogP) is 3.75. The topological polar surface area (TPSA) is 121 Å². The Balaban J connectivity index is 1.97. The number of rotatable bonds is 11. The van der Waals surface area contributed by atoms with Gasteiger partial charge in [0.25, 0.3) is 5.91 Å². The van der Waals surface area contributed by atoms with Gasteiger partial charge in [0, 0.05) is 0 Å². The number of carbonyl (C=O) groups is 3.